The van der Waals surface area contributed by atoms with Crippen LogP contribution in [-0.2, 0) is 16.1 Å². The number of nitrogens with zero attached hydrogens (tertiary/aromatic N) is 4. The maximum atomic E-state index is 12.6. The number of carbonyl (C=O) groups excluding carboxylic acids is 1. The number of thioether (sulfide) groups is 1. The van der Waals surface area contributed by atoms with Crippen LogP contribution >= 0.6 is 11.8 Å². The lowest BCUT2D eigenvalue weighted by atomic mass is 10.0. The highest BCUT2D eigenvalue weighted by Gasteiger charge is 2.22. The molecule has 1 atom stereocenters. The summed E-state index contributed by atoms with van der Waals surface area (Å²) >= 11 is 1.48. The maximum absolute atomic E-state index is 12.6. The third-order valence-electron chi connectivity index (χ3n) is 4.81. The lowest BCUT2D eigenvalue weighted by molar-refractivity contribution is -0.130. The minimum absolute atomic E-state index is 0.194. The zero-order valence-corrected chi connectivity index (χ0v) is 17.0. The molecule has 0 saturated carbocycles. The van der Waals surface area contributed by atoms with Gasteiger partial charge < -0.3 is 14.2 Å². The van der Waals surface area contributed by atoms with Crippen LogP contribution < -0.4 is 0 Å². The summed E-state index contributed by atoms with van der Waals surface area (Å²) in [5, 5.41) is 9.56. The second kappa shape index (κ2) is 9.90. The molecule has 1 aromatic heterocycles. The fourth-order valence-corrected chi connectivity index (χ4v) is 4.27. The van der Waals surface area contributed by atoms with Gasteiger partial charge in [-0.3, -0.25) is 4.79 Å². The first-order valence-electron chi connectivity index (χ1n) is 9.57. The smallest absolute Gasteiger partial charge is 0.233 e. The minimum atomic E-state index is 0.194. The Morgan fingerprint density at radius 3 is 2.85 bits per heavy atom. The summed E-state index contributed by atoms with van der Waals surface area (Å²) < 4.78 is 7.29. The Balaban J connectivity index is 1.70. The lowest BCUT2D eigenvalue weighted by Gasteiger charge is -2.30. The van der Waals surface area contributed by atoms with Gasteiger partial charge in [0.15, 0.2) is 11.0 Å². The lowest BCUT2D eigenvalue weighted by Crippen LogP contribution is -2.40. The van der Waals surface area contributed by atoms with Crippen LogP contribution in [-0.4, -0.2) is 58.1 Å². The second-order valence-corrected chi connectivity index (χ2v) is 7.99. The summed E-state index contributed by atoms with van der Waals surface area (Å²) in [6.07, 6.45) is 3.19. The quantitative estimate of drug-likeness (QED) is 0.513. The maximum Gasteiger partial charge on any atom is 0.233 e. The molecule has 0 aliphatic carbocycles. The van der Waals surface area contributed by atoms with E-state index in [1.807, 2.05) is 35.2 Å². The molecule has 1 amide bonds. The van der Waals surface area contributed by atoms with Gasteiger partial charge in [-0.1, -0.05) is 49.0 Å². The molecule has 146 valence electrons. The molecule has 1 aliphatic heterocycles. The van der Waals surface area contributed by atoms with E-state index in [1.165, 1.54) is 18.2 Å². The zero-order chi connectivity index (χ0) is 19.1. The predicted molar refractivity (Wildman–Crippen MR) is 108 cm³/mol. The van der Waals surface area contributed by atoms with E-state index < -0.39 is 0 Å². The number of piperidine rings is 1. The molecule has 0 spiro atoms. The van der Waals surface area contributed by atoms with Crippen molar-refractivity contribution in [1.82, 2.24) is 19.7 Å². The number of carbonyl (C=O) groups is 1. The summed E-state index contributed by atoms with van der Waals surface area (Å²) in [4.78, 5) is 14.6. The Hall–Kier alpha value is -1.86. The van der Waals surface area contributed by atoms with Crippen molar-refractivity contribution in [2.24, 2.45) is 5.92 Å². The normalized spacial score (nSPS) is 17.3. The number of amides is 1. The topological polar surface area (TPSA) is 60.2 Å². The molecule has 0 bridgehead atoms. The van der Waals surface area contributed by atoms with Gasteiger partial charge in [0.05, 0.1) is 5.75 Å². The molecule has 1 fully saturated rings. The standard InChI is InChI=1S/C20H28N4O2S/c1-16-8-6-11-23(14-16)18(25)15-27-20-22-21-19(17-9-4-3-5-10-17)24(20)12-7-13-26-2/h3-5,9-10,16H,6-8,11-15H2,1-2H3. The van der Waals surface area contributed by atoms with E-state index in [-0.39, 0.29) is 5.91 Å². The van der Waals surface area contributed by atoms with Crippen LogP contribution in [0.3, 0.4) is 0 Å². The van der Waals surface area contributed by atoms with Crippen LogP contribution in [0.4, 0.5) is 0 Å². The number of ether oxygens (including phenoxy) is 1. The fraction of sp³-hybridized carbons (Fsp3) is 0.550. The van der Waals surface area contributed by atoms with Gasteiger partial charge in [-0.2, -0.15) is 0 Å². The van der Waals surface area contributed by atoms with Gasteiger partial charge in [0, 0.05) is 38.9 Å². The average Bonchev–Trinajstić information content (AvgIpc) is 3.10. The molecule has 1 saturated heterocycles. The monoisotopic (exact) mass is 388 g/mol. The number of rotatable bonds is 8. The van der Waals surface area contributed by atoms with Crippen LogP contribution in [0.2, 0.25) is 0 Å². The van der Waals surface area contributed by atoms with Crippen molar-refractivity contribution in [3.05, 3.63) is 30.3 Å². The molecule has 1 aromatic carbocycles. The van der Waals surface area contributed by atoms with Crippen LogP contribution in [0.1, 0.15) is 26.2 Å². The molecule has 2 aromatic rings. The highest BCUT2D eigenvalue weighted by molar-refractivity contribution is 7.99. The SMILES string of the molecule is COCCCn1c(SCC(=O)N2CCCC(C)C2)nnc1-c1ccccc1. The fourth-order valence-electron chi connectivity index (χ4n) is 3.40. The van der Waals surface area contributed by atoms with Crippen LogP contribution in [0, 0.1) is 5.92 Å². The summed E-state index contributed by atoms with van der Waals surface area (Å²) in [7, 11) is 1.71. The summed E-state index contributed by atoms with van der Waals surface area (Å²) in [6, 6.07) is 10.1. The molecular formula is C20H28N4O2S. The molecule has 7 heteroatoms. The van der Waals surface area contributed by atoms with Gasteiger partial charge in [-0.25, -0.2) is 0 Å². The number of hydrogen-bond acceptors (Lipinski definition) is 5. The van der Waals surface area contributed by atoms with Crippen molar-refractivity contribution in [1.29, 1.82) is 0 Å². The third-order valence-corrected chi connectivity index (χ3v) is 5.76. The molecule has 0 N–H and O–H groups in total. The molecule has 6 nitrogen and oxygen atoms in total. The zero-order valence-electron chi connectivity index (χ0n) is 16.1. The largest absolute Gasteiger partial charge is 0.385 e. The number of hydrogen-bond donors (Lipinski definition) is 0. The van der Waals surface area contributed by atoms with Gasteiger partial charge >= 0.3 is 0 Å². The van der Waals surface area contributed by atoms with E-state index in [0.29, 0.717) is 18.3 Å². The van der Waals surface area contributed by atoms with Crippen molar-refractivity contribution in [3.63, 3.8) is 0 Å². The Morgan fingerprint density at radius 2 is 2.11 bits per heavy atom. The Morgan fingerprint density at radius 1 is 1.30 bits per heavy atom. The Bertz CT molecular complexity index is 735. The number of benzene rings is 1. The first-order valence-corrected chi connectivity index (χ1v) is 10.6. The minimum Gasteiger partial charge on any atom is -0.385 e. The highest BCUT2D eigenvalue weighted by atomic mass is 32.2. The van der Waals surface area contributed by atoms with Crippen molar-refractivity contribution in [2.45, 2.75) is 37.9 Å². The first-order chi connectivity index (χ1) is 13.2. The van der Waals surface area contributed by atoms with E-state index >= 15 is 0 Å². The number of aromatic nitrogens is 3. The van der Waals surface area contributed by atoms with Crippen molar-refractivity contribution >= 4 is 17.7 Å². The van der Waals surface area contributed by atoms with Crippen LogP contribution in [0.15, 0.2) is 35.5 Å². The molecule has 3 rings (SSSR count). The van der Waals surface area contributed by atoms with Crippen molar-refractivity contribution in [2.75, 3.05) is 32.6 Å². The van der Waals surface area contributed by atoms with Gasteiger partial charge in [0.1, 0.15) is 0 Å². The van der Waals surface area contributed by atoms with Crippen LogP contribution in [0.25, 0.3) is 11.4 Å². The van der Waals surface area contributed by atoms with Gasteiger partial charge in [0.25, 0.3) is 0 Å². The Labute approximate surface area is 165 Å². The summed E-state index contributed by atoms with van der Waals surface area (Å²) in [5.41, 5.74) is 1.03. The van der Waals surface area contributed by atoms with Crippen molar-refractivity contribution in [3.8, 4) is 11.4 Å². The van der Waals surface area contributed by atoms with Gasteiger partial charge in [-0.05, 0) is 25.2 Å². The van der Waals surface area contributed by atoms with E-state index in [9.17, 15) is 4.79 Å². The molecule has 1 aliphatic rings. The molecule has 0 radical (unpaired) electrons. The molecular weight excluding hydrogens is 360 g/mol. The predicted octanol–water partition coefficient (Wildman–Crippen LogP) is 3.33. The average molecular weight is 389 g/mol. The van der Waals surface area contributed by atoms with Crippen molar-refractivity contribution < 1.29 is 9.53 Å². The molecule has 1 unspecified atom stereocenters. The summed E-state index contributed by atoms with van der Waals surface area (Å²) in [6.45, 7) is 5.41. The number of likely N-dealkylation sites (tertiary alicyclic amines) is 1. The second-order valence-electron chi connectivity index (χ2n) is 7.05. The first kappa shape index (κ1) is 19.9. The van der Waals surface area contributed by atoms with Gasteiger partial charge in [0.2, 0.25) is 5.91 Å². The Kier molecular flexibility index (Phi) is 7.29. The number of methoxy groups -OCH3 is 1. The van der Waals surface area contributed by atoms with Gasteiger partial charge in [-0.15, -0.1) is 10.2 Å². The molecule has 27 heavy (non-hydrogen) atoms. The summed E-state index contributed by atoms with van der Waals surface area (Å²) in [5.74, 6) is 2.03. The highest BCUT2D eigenvalue weighted by Crippen LogP contribution is 2.25. The van der Waals surface area contributed by atoms with E-state index in [1.54, 1.807) is 7.11 Å². The van der Waals surface area contributed by atoms with E-state index in [2.05, 4.69) is 21.7 Å². The third kappa shape index (κ3) is 5.32. The van der Waals surface area contributed by atoms with E-state index in [0.717, 1.165) is 49.0 Å². The van der Waals surface area contributed by atoms with E-state index in [4.69, 9.17) is 4.74 Å². The van der Waals surface area contributed by atoms with Crippen LogP contribution in [0.5, 0.6) is 0 Å². The molecule has 2 heterocycles.